The van der Waals surface area contributed by atoms with Gasteiger partial charge in [-0.05, 0) is 53.9 Å². The van der Waals surface area contributed by atoms with E-state index in [2.05, 4.69) is 25.9 Å². The Bertz CT molecular complexity index is 596. The molecule has 1 aromatic carbocycles. The number of nitrogens with zero attached hydrogens (tertiary/aromatic N) is 2. The highest BCUT2D eigenvalue weighted by molar-refractivity contribution is 9.10. The Labute approximate surface area is 121 Å². The van der Waals surface area contributed by atoms with Crippen molar-refractivity contribution in [2.45, 2.75) is 25.7 Å². The third-order valence-electron chi connectivity index (χ3n) is 3.12. The lowest BCUT2D eigenvalue weighted by Gasteiger charge is -2.10. The first-order valence-corrected chi connectivity index (χ1v) is 7.34. The summed E-state index contributed by atoms with van der Waals surface area (Å²) in [5.41, 5.74) is 1.95. The van der Waals surface area contributed by atoms with Crippen molar-refractivity contribution in [1.82, 2.24) is 9.97 Å². The Hall–Kier alpha value is -1.42. The van der Waals surface area contributed by atoms with E-state index in [-0.39, 0.29) is 0 Å². The summed E-state index contributed by atoms with van der Waals surface area (Å²) in [5, 5.41) is 0. The molecule has 1 aliphatic carbocycles. The van der Waals surface area contributed by atoms with E-state index in [0.29, 0.717) is 12.5 Å². The van der Waals surface area contributed by atoms with E-state index in [9.17, 15) is 0 Å². The molecule has 0 bridgehead atoms. The van der Waals surface area contributed by atoms with Gasteiger partial charge < -0.3 is 4.74 Å². The third kappa shape index (κ3) is 2.78. The van der Waals surface area contributed by atoms with Crippen LogP contribution in [0.3, 0.4) is 0 Å². The minimum atomic E-state index is 0.538. The summed E-state index contributed by atoms with van der Waals surface area (Å²) >= 11 is 3.48. The molecule has 19 heavy (non-hydrogen) atoms. The van der Waals surface area contributed by atoms with Gasteiger partial charge in [-0.25, -0.2) is 9.97 Å². The molecule has 2 aromatic rings. The van der Waals surface area contributed by atoms with Gasteiger partial charge in [-0.2, -0.15) is 0 Å². The second kappa shape index (κ2) is 5.29. The van der Waals surface area contributed by atoms with Gasteiger partial charge >= 0.3 is 0 Å². The summed E-state index contributed by atoms with van der Waals surface area (Å²) in [5.74, 6) is 2.35. The molecule has 0 atom stereocenters. The van der Waals surface area contributed by atoms with Crippen LogP contribution in [0.15, 0.2) is 34.9 Å². The van der Waals surface area contributed by atoms with E-state index < -0.39 is 0 Å². The van der Waals surface area contributed by atoms with Crippen LogP contribution in [0.5, 0.6) is 5.75 Å². The number of rotatable bonds is 4. The van der Waals surface area contributed by atoms with Crippen molar-refractivity contribution in [3.8, 4) is 17.0 Å². The van der Waals surface area contributed by atoms with Crippen molar-refractivity contribution in [2.75, 3.05) is 6.61 Å². The van der Waals surface area contributed by atoms with Crippen LogP contribution in [0.4, 0.5) is 0 Å². The number of ether oxygens (including phenoxy) is 1. The maximum atomic E-state index is 5.67. The zero-order valence-corrected chi connectivity index (χ0v) is 12.4. The van der Waals surface area contributed by atoms with Crippen LogP contribution in [0.25, 0.3) is 11.3 Å². The number of hydrogen-bond acceptors (Lipinski definition) is 3. The molecule has 1 saturated carbocycles. The first-order valence-electron chi connectivity index (χ1n) is 6.54. The SMILES string of the molecule is CCOc1ccccc1-c1cc(Br)nc(C2CC2)n1. The summed E-state index contributed by atoms with van der Waals surface area (Å²) < 4.78 is 6.51. The molecule has 1 aromatic heterocycles. The van der Waals surface area contributed by atoms with Crippen molar-refractivity contribution in [3.63, 3.8) is 0 Å². The summed E-state index contributed by atoms with van der Waals surface area (Å²) in [6, 6.07) is 9.95. The van der Waals surface area contributed by atoms with Gasteiger partial charge in [0.25, 0.3) is 0 Å². The Balaban J connectivity index is 2.05. The number of para-hydroxylation sites is 1. The Morgan fingerprint density at radius 1 is 1.26 bits per heavy atom. The molecule has 1 aliphatic rings. The molecule has 0 aliphatic heterocycles. The standard InChI is InChI=1S/C15H15BrN2O/c1-2-19-13-6-4-3-5-11(13)12-9-14(16)18-15(17-12)10-7-8-10/h3-6,9-10H,2,7-8H2,1H3. The maximum Gasteiger partial charge on any atom is 0.133 e. The van der Waals surface area contributed by atoms with Crippen molar-refractivity contribution < 1.29 is 4.74 Å². The number of hydrogen-bond donors (Lipinski definition) is 0. The van der Waals surface area contributed by atoms with Gasteiger partial charge in [0.2, 0.25) is 0 Å². The molecule has 1 heterocycles. The summed E-state index contributed by atoms with van der Waals surface area (Å²) in [4.78, 5) is 9.15. The van der Waals surface area contributed by atoms with Gasteiger partial charge in [-0.15, -0.1) is 0 Å². The predicted molar refractivity (Wildman–Crippen MR) is 78.3 cm³/mol. The van der Waals surface area contributed by atoms with Crippen LogP contribution in [0.1, 0.15) is 31.5 Å². The zero-order chi connectivity index (χ0) is 13.2. The van der Waals surface area contributed by atoms with Crippen LogP contribution in [-0.2, 0) is 0 Å². The summed E-state index contributed by atoms with van der Waals surface area (Å²) in [6.07, 6.45) is 2.39. The first-order chi connectivity index (χ1) is 9.28. The number of aromatic nitrogens is 2. The zero-order valence-electron chi connectivity index (χ0n) is 10.8. The van der Waals surface area contributed by atoms with Gasteiger partial charge in [0, 0.05) is 11.5 Å². The fourth-order valence-corrected chi connectivity index (χ4v) is 2.46. The topological polar surface area (TPSA) is 35.0 Å². The number of benzene rings is 1. The second-order valence-corrected chi connectivity index (χ2v) is 5.45. The smallest absolute Gasteiger partial charge is 0.133 e. The summed E-state index contributed by atoms with van der Waals surface area (Å²) in [6.45, 7) is 2.64. The summed E-state index contributed by atoms with van der Waals surface area (Å²) in [7, 11) is 0. The normalized spacial score (nSPS) is 14.4. The third-order valence-corrected chi connectivity index (χ3v) is 3.52. The highest BCUT2D eigenvalue weighted by Gasteiger charge is 2.27. The molecular formula is C15H15BrN2O. The van der Waals surface area contributed by atoms with Gasteiger partial charge in [0.05, 0.1) is 12.3 Å². The Morgan fingerprint density at radius 2 is 2.05 bits per heavy atom. The largest absolute Gasteiger partial charge is 0.493 e. The van der Waals surface area contributed by atoms with E-state index in [1.807, 2.05) is 37.3 Å². The second-order valence-electron chi connectivity index (χ2n) is 4.64. The first kappa shape index (κ1) is 12.6. The minimum absolute atomic E-state index is 0.538. The number of halogens is 1. The van der Waals surface area contributed by atoms with Gasteiger partial charge in [0.1, 0.15) is 16.2 Å². The molecule has 98 valence electrons. The highest BCUT2D eigenvalue weighted by Crippen LogP contribution is 2.40. The monoisotopic (exact) mass is 318 g/mol. The molecule has 1 fully saturated rings. The van der Waals surface area contributed by atoms with Gasteiger partial charge in [0.15, 0.2) is 0 Å². The van der Waals surface area contributed by atoms with Crippen LogP contribution in [0.2, 0.25) is 0 Å². The molecule has 0 radical (unpaired) electrons. The van der Waals surface area contributed by atoms with E-state index in [4.69, 9.17) is 4.74 Å². The van der Waals surface area contributed by atoms with Crippen molar-refractivity contribution in [1.29, 1.82) is 0 Å². The molecule has 0 amide bonds. The highest BCUT2D eigenvalue weighted by atomic mass is 79.9. The Morgan fingerprint density at radius 3 is 2.79 bits per heavy atom. The predicted octanol–water partition coefficient (Wildman–Crippen LogP) is 4.18. The lowest BCUT2D eigenvalue weighted by molar-refractivity contribution is 0.341. The Kier molecular flexibility index (Phi) is 3.51. The van der Waals surface area contributed by atoms with E-state index in [1.165, 1.54) is 12.8 Å². The van der Waals surface area contributed by atoms with E-state index in [1.54, 1.807) is 0 Å². The van der Waals surface area contributed by atoms with Gasteiger partial charge in [-0.3, -0.25) is 0 Å². The van der Waals surface area contributed by atoms with Crippen molar-refractivity contribution in [2.24, 2.45) is 0 Å². The molecule has 3 rings (SSSR count). The lowest BCUT2D eigenvalue weighted by Crippen LogP contribution is -1.98. The average Bonchev–Trinajstić information content (AvgIpc) is 3.23. The quantitative estimate of drug-likeness (QED) is 0.793. The van der Waals surface area contributed by atoms with E-state index in [0.717, 1.165) is 27.4 Å². The molecular weight excluding hydrogens is 304 g/mol. The minimum Gasteiger partial charge on any atom is -0.493 e. The molecule has 4 heteroatoms. The van der Waals surface area contributed by atoms with Crippen LogP contribution >= 0.6 is 15.9 Å². The molecule has 0 N–H and O–H groups in total. The fraction of sp³-hybridized carbons (Fsp3) is 0.333. The molecule has 0 saturated heterocycles. The van der Waals surface area contributed by atoms with Crippen LogP contribution in [-0.4, -0.2) is 16.6 Å². The van der Waals surface area contributed by atoms with E-state index >= 15 is 0 Å². The van der Waals surface area contributed by atoms with Crippen LogP contribution in [0, 0.1) is 0 Å². The molecule has 0 unspecified atom stereocenters. The van der Waals surface area contributed by atoms with Crippen molar-refractivity contribution in [3.05, 3.63) is 40.8 Å². The molecule has 3 nitrogen and oxygen atoms in total. The van der Waals surface area contributed by atoms with Gasteiger partial charge in [-0.1, -0.05) is 12.1 Å². The van der Waals surface area contributed by atoms with Crippen molar-refractivity contribution >= 4 is 15.9 Å². The molecule has 0 spiro atoms. The maximum absolute atomic E-state index is 5.67. The fourth-order valence-electron chi connectivity index (χ4n) is 2.06. The lowest BCUT2D eigenvalue weighted by atomic mass is 10.1. The van der Waals surface area contributed by atoms with Crippen LogP contribution < -0.4 is 4.74 Å². The average molecular weight is 319 g/mol.